The van der Waals surface area contributed by atoms with E-state index in [0.29, 0.717) is 12.5 Å². The first-order valence-corrected chi connectivity index (χ1v) is 10.8. The van der Waals surface area contributed by atoms with Crippen LogP contribution in [0.25, 0.3) is 0 Å². The van der Waals surface area contributed by atoms with E-state index in [1.54, 1.807) is 11.9 Å². The summed E-state index contributed by atoms with van der Waals surface area (Å²) in [4.78, 5) is 38.3. The lowest BCUT2D eigenvalue weighted by atomic mass is 10.1. The fourth-order valence-corrected chi connectivity index (χ4v) is 4.56. The summed E-state index contributed by atoms with van der Waals surface area (Å²) < 4.78 is 0. The largest absolute Gasteiger partial charge is 0.340 e. The van der Waals surface area contributed by atoms with Crippen LogP contribution in [0.1, 0.15) is 25.0 Å². The van der Waals surface area contributed by atoms with Gasteiger partial charge in [-0.1, -0.05) is 38.1 Å². The molecule has 1 aromatic carbocycles. The molecule has 3 amide bonds. The average Bonchev–Trinajstić information content (AvgIpc) is 3.08. The highest BCUT2D eigenvalue weighted by Crippen LogP contribution is 2.28. The molecule has 0 spiro atoms. The van der Waals surface area contributed by atoms with Gasteiger partial charge in [0.05, 0.1) is 0 Å². The van der Waals surface area contributed by atoms with E-state index in [1.165, 1.54) is 5.56 Å². The quantitative estimate of drug-likeness (QED) is 0.808. The molecule has 0 saturated carbocycles. The second-order valence-corrected chi connectivity index (χ2v) is 8.93. The van der Waals surface area contributed by atoms with E-state index in [9.17, 15) is 9.59 Å². The van der Waals surface area contributed by atoms with Crippen molar-refractivity contribution in [2.24, 2.45) is 10.9 Å². The maximum atomic E-state index is 12.8. The summed E-state index contributed by atoms with van der Waals surface area (Å²) in [5.41, 5.74) is 2.35. The van der Waals surface area contributed by atoms with Gasteiger partial charge in [-0.05, 0) is 24.0 Å². The Balaban J connectivity index is 1.60. The van der Waals surface area contributed by atoms with E-state index in [-0.39, 0.29) is 11.9 Å². The van der Waals surface area contributed by atoms with Crippen LogP contribution < -0.4 is 5.32 Å². The van der Waals surface area contributed by atoms with Crippen LogP contribution in [0.2, 0.25) is 0 Å². The Morgan fingerprint density at radius 1 is 1.13 bits per heavy atom. The first-order valence-electron chi connectivity index (χ1n) is 10.8. The van der Waals surface area contributed by atoms with Crippen molar-refractivity contribution in [2.75, 3.05) is 39.8 Å². The highest BCUT2D eigenvalue weighted by atomic mass is 16.2. The summed E-state index contributed by atoms with van der Waals surface area (Å²) in [6.45, 7) is 12.0. The fourth-order valence-electron chi connectivity index (χ4n) is 4.56. The Hall–Kier alpha value is -2.61. The zero-order valence-corrected chi connectivity index (χ0v) is 18.3. The van der Waals surface area contributed by atoms with Gasteiger partial charge in [0.25, 0.3) is 5.91 Å². The summed E-state index contributed by atoms with van der Waals surface area (Å²) in [5.74, 6) is 1.20. The van der Waals surface area contributed by atoms with Crippen molar-refractivity contribution < 1.29 is 9.59 Å². The minimum Gasteiger partial charge on any atom is -0.340 e. The zero-order valence-electron chi connectivity index (χ0n) is 18.3. The third-order valence-electron chi connectivity index (χ3n) is 6.22. The molecular weight excluding hydrogens is 380 g/mol. The smallest absolute Gasteiger partial charge is 0.325 e. The Bertz CT molecular complexity index is 846. The molecule has 3 aliphatic rings. The third-order valence-corrected chi connectivity index (χ3v) is 6.22. The molecule has 1 aromatic rings. The van der Waals surface area contributed by atoms with Gasteiger partial charge in [-0.15, -0.1) is 0 Å². The molecule has 0 aliphatic carbocycles. The van der Waals surface area contributed by atoms with Crippen LogP contribution in [0.15, 0.2) is 29.3 Å². The van der Waals surface area contributed by atoms with Gasteiger partial charge in [0.15, 0.2) is 18.2 Å². The number of benzene rings is 1. The van der Waals surface area contributed by atoms with Crippen LogP contribution in [0.3, 0.4) is 0 Å². The second kappa shape index (κ2) is 8.26. The number of nitrogens with one attached hydrogen (secondary N) is 1. The van der Waals surface area contributed by atoms with E-state index < -0.39 is 12.2 Å². The molecule has 162 valence electrons. The third kappa shape index (κ3) is 3.88. The van der Waals surface area contributed by atoms with E-state index in [1.807, 2.05) is 12.1 Å². The zero-order chi connectivity index (χ0) is 21.4. The molecule has 0 bridgehead atoms. The minimum atomic E-state index is -0.504. The first-order chi connectivity index (χ1) is 14.3. The topological polar surface area (TPSA) is 71.5 Å². The van der Waals surface area contributed by atoms with Crippen molar-refractivity contribution >= 4 is 17.9 Å². The van der Waals surface area contributed by atoms with Gasteiger partial charge in [0.2, 0.25) is 0 Å². The molecular formula is C22H32N6O2. The lowest BCUT2D eigenvalue weighted by Crippen LogP contribution is -2.64. The van der Waals surface area contributed by atoms with Gasteiger partial charge >= 0.3 is 6.03 Å². The predicted octanol–water partition coefficient (Wildman–Crippen LogP) is 1.32. The fraction of sp³-hybridized carbons (Fsp3) is 0.591. The van der Waals surface area contributed by atoms with Gasteiger partial charge in [-0.2, -0.15) is 0 Å². The Kier molecular flexibility index (Phi) is 5.69. The lowest BCUT2D eigenvalue weighted by Gasteiger charge is -2.41. The Morgan fingerprint density at radius 2 is 1.83 bits per heavy atom. The minimum absolute atomic E-state index is 0.270. The number of carbonyl (C=O) groups excluding carboxylic acids is 2. The van der Waals surface area contributed by atoms with Crippen LogP contribution in [0.5, 0.6) is 0 Å². The number of aryl methyl sites for hydroxylation is 1. The molecule has 3 heterocycles. The molecule has 8 nitrogen and oxygen atoms in total. The number of imide groups is 1. The van der Waals surface area contributed by atoms with Gasteiger partial charge in [0, 0.05) is 46.3 Å². The summed E-state index contributed by atoms with van der Waals surface area (Å²) >= 11 is 0. The highest BCUT2D eigenvalue weighted by Gasteiger charge is 2.49. The maximum Gasteiger partial charge on any atom is 0.325 e. The number of nitrogens with zero attached hydrogens (tertiary/aromatic N) is 5. The van der Waals surface area contributed by atoms with E-state index in [4.69, 9.17) is 4.99 Å². The number of amides is 3. The van der Waals surface area contributed by atoms with Crippen molar-refractivity contribution in [1.82, 2.24) is 24.9 Å². The summed E-state index contributed by atoms with van der Waals surface area (Å²) in [6.07, 6.45) is -0.487. The molecule has 3 aliphatic heterocycles. The number of rotatable bonds is 4. The molecule has 2 fully saturated rings. The molecule has 1 N–H and O–H groups in total. The number of fused-ring (bicyclic) bond motifs is 1. The van der Waals surface area contributed by atoms with Gasteiger partial charge < -0.3 is 14.7 Å². The molecule has 0 radical (unpaired) electrons. The standard InChI is InChI=1S/C22H32N6O2/c1-15(2)13-26-9-11-27(12-10-26)21-23-19-18(20(29)24-22(30)25(19)4)28(21)14-17-8-6-5-7-16(17)3/h5-8,15,18-19H,9-14H2,1-4H3,(H,24,29,30). The number of likely N-dealkylation sites (N-methyl/N-ethyl adjacent to an activating group) is 1. The van der Waals surface area contributed by atoms with Crippen LogP contribution in [-0.4, -0.2) is 89.5 Å². The molecule has 2 saturated heterocycles. The lowest BCUT2D eigenvalue weighted by molar-refractivity contribution is -0.127. The highest BCUT2D eigenvalue weighted by molar-refractivity contribution is 6.03. The number of aliphatic imine (C=N–C) groups is 1. The van der Waals surface area contributed by atoms with Crippen LogP contribution in [-0.2, 0) is 11.3 Å². The molecule has 8 heteroatoms. The maximum absolute atomic E-state index is 12.8. The molecule has 2 unspecified atom stereocenters. The number of piperazine rings is 1. The average molecular weight is 413 g/mol. The summed E-state index contributed by atoms with van der Waals surface area (Å²) in [6, 6.07) is 7.33. The van der Waals surface area contributed by atoms with Gasteiger partial charge in [-0.25, -0.2) is 9.79 Å². The van der Waals surface area contributed by atoms with Gasteiger partial charge in [0.1, 0.15) is 0 Å². The number of guanidine groups is 1. The number of hydrogen-bond acceptors (Lipinski definition) is 6. The van der Waals surface area contributed by atoms with Crippen LogP contribution in [0.4, 0.5) is 4.79 Å². The van der Waals surface area contributed by atoms with Crippen molar-refractivity contribution in [3.05, 3.63) is 35.4 Å². The monoisotopic (exact) mass is 412 g/mol. The van der Waals surface area contributed by atoms with Crippen molar-refractivity contribution in [3.63, 3.8) is 0 Å². The van der Waals surface area contributed by atoms with E-state index in [2.05, 4.69) is 52.9 Å². The predicted molar refractivity (Wildman–Crippen MR) is 116 cm³/mol. The van der Waals surface area contributed by atoms with Crippen molar-refractivity contribution in [1.29, 1.82) is 0 Å². The molecule has 2 atom stereocenters. The van der Waals surface area contributed by atoms with E-state index >= 15 is 0 Å². The Labute approximate surface area is 178 Å². The number of hydrogen-bond donors (Lipinski definition) is 1. The first kappa shape index (κ1) is 20.7. The van der Waals surface area contributed by atoms with Crippen LogP contribution >= 0.6 is 0 Å². The van der Waals surface area contributed by atoms with E-state index in [0.717, 1.165) is 44.2 Å². The number of urea groups is 1. The Morgan fingerprint density at radius 3 is 2.50 bits per heavy atom. The van der Waals surface area contributed by atoms with Crippen molar-refractivity contribution in [3.8, 4) is 0 Å². The molecule has 30 heavy (non-hydrogen) atoms. The molecule has 4 rings (SSSR count). The van der Waals surface area contributed by atoms with Crippen molar-refractivity contribution in [2.45, 2.75) is 39.5 Å². The SMILES string of the molecule is Cc1ccccc1CN1C(N2CCN(CC(C)C)CC2)=NC2C1C(=O)NC(=O)N2C. The number of carbonyl (C=O) groups is 2. The summed E-state index contributed by atoms with van der Waals surface area (Å²) in [5, 5.41) is 2.49. The normalized spacial score (nSPS) is 25.0. The molecule has 0 aromatic heterocycles. The van der Waals surface area contributed by atoms with Gasteiger partial charge in [-0.3, -0.25) is 15.0 Å². The summed E-state index contributed by atoms with van der Waals surface area (Å²) in [7, 11) is 1.71. The second-order valence-electron chi connectivity index (χ2n) is 8.93. The van der Waals surface area contributed by atoms with Crippen LogP contribution in [0, 0.1) is 12.8 Å².